The maximum atomic E-state index is 12.1. The molecule has 0 atom stereocenters. The number of carbonyl (C=O) groups excluding carboxylic acids is 1. The van der Waals surface area contributed by atoms with E-state index in [-0.39, 0.29) is 5.91 Å². The molecule has 0 saturated carbocycles. The van der Waals surface area contributed by atoms with Gasteiger partial charge in [0.25, 0.3) is 0 Å². The van der Waals surface area contributed by atoms with Gasteiger partial charge in [-0.1, -0.05) is 37.3 Å². The van der Waals surface area contributed by atoms with E-state index >= 15 is 0 Å². The van der Waals surface area contributed by atoms with Crippen LogP contribution in [0.15, 0.2) is 30.3 Å². The molecule has 2 rings (SSSR count). The number of benzene rings is 1. The number of piperidine rings is 1. The van der Waals surface area contributed by atoms with Gasteiger partial charge in [0.2, 0.25) is 5.91 Å². The van der Waals surface area contributed by atoms with E-state index in [4.69, 9.17) is 0 Å². The van der Waals surface area contributed by atoms with Crippen molar-refractivity contribution < 1.29 is 4.79 Å². The first-order chi connectivity index (χ1) is 10.3. The molecule has 1 aliphatic rings. The quantitative estimate of drug-likeness (QED) is 0.802. The van der Waals surface area contributed by atoms with Crippen LogP contribution in [0.3, 0.4) is 0 Å². The number of hydrogen-bond donors (Lipinski definition) is 2. The predicted molar refractivity (Wildman–Crippen MR) is 86.0 cm³/mol. The van der Waals surface area contributed by atoms with Crippen LogP contribution in [0.1, 0.15) is 25.3 Å². The second-order valence-electron chi connectivity index (χ2n) is 5.78. The smallest absolute Gasteiger partial charge is 0.234 e. The summed E-state index contributed by atoms with van der Waals surface area (Å²) in [6, 6.07) is 10.1. The number of rotatable bonds is 7. The van der Waals surface area contributed by atoms with Gasteiger partial charge in [0.05, 0.1) is 6.54 Å². The maximum Gasteiger partial charge on any atom is 0.234 e. The third-order valence-corrected chi connectivity index (χ3v) is 4.12. The Kier molecular flexibility index (Phi) is 6.70. The highest BCUT2D eigenvalue weighted by Crippen LogP contribution is 2.13. The Morgan fingerprint density at radius 2 is 2.00 bits per heavy atom. The second kappa shape index (κ2) is 8.80. The van der Waals surface area contributed by atoms with Gasteiger partial charge in [0, 0.05) is 13.1 Å². The van der Waals surface area contributed by atoms with Gasteiger partial charge in [-0.3, -0.25) is 9.69 Å². The zero-order valence-electron chi connectivity index (χ0n) is 13.0. The Morgan fingerprint density at radius 1 is 1.29 bits per heavy atom. The number of carbonyl (C=O) groups is 1. The van der Waals surface area contributed by atoms with Crippen LogP contribution in [-0.2, 0) is 11.3 Å². The molecule has 1 aliphatic heterocycles. The molecule has 1 amide bonds. The van der Waals surface area contributed by atoms with Gasteiger partial charge in [-0.05, 0) is 44.0 Å². The fourth-order valence-electron chi connectivity index (χ4n) is 2.79. The van der Waals surface area contributed by atoms with E-state index in [1.54, 1.807) is 0 Å². The molecular weight excluding hydrogens is 262 g/mol. The molecule has 0 spiro atoms. The molecule has 4 heteroatoms. The Labute approximate surface area is 127 Å². The van der Waals surface area contributed by atoms with Crippen LogP contribution >= 0.6 is 0 Å². The lowest BCUT2D eigenvalue weighted by Gasteiger charge is -2.28. The summed E-state index contributed by atoms with van der Waals surface area (Å²) < 4.78 is 0. The first-order valence-electron chi connectivity index (χ1n) is 8.01. The molecule has 1 saturated heterocycles. The van der Waals surface area contributed by atoms with Crippen molar-refractivity contribution in [2.24, 2.45) is 5.92 Å². The van der Waals surface area contributed by atoms with Gasteiger partial charge in [0.1, 0.15) is 0 Å². The molecule has 1 heterocycles. The van der Waals surface area contributed by atoms with Crippen molar-refractivity contribution in [3.8, 4) is 0 Å². The molecule has 0 bridgehead atoms. The van der Waals surface area contributed by atoms with E-state index in [0.717, 1.165) is 37.7 Å². The molecule has 2 N–H and O–H groups in total. The van der Waals surface area contributed by atoms with Crippen LogP contribution in [0.2, 0.25) is 0 Å². The van der Waals surface area contributed by atoms with E-state index in [9.17, 15) is 4.79 Å². The molecule has 4 nitrogen and oxygen atoms in total. The van der Waals surface area contributed by atoms with Gasteiger partial charge >= 0.3 is 0 Å². The summed E-state index contributed by atoms with van der Waals surface area (Å²) in [7, 11) is 0. The van der Waals surface area contributed by atoms with Gasteiger partial charge < -0.3 is 10.6 Å². The normalized spacial score (nSPS) is 16.1. The number of hydrogen-bond acceptors (Lipinski definition) is 3. The lowest BCUT2D eigenvalue weighted by atomic mass is 9.97. The highest BCUT2D eigenvalue weighted by atomic mass is 16.2. The standard InChI is InChI=1S/C17H27N3O/c1-2-20(13-16-8-10-18-11-9-16)14-17(21)19-12-15-6-4-3-5-7-15/h3-7,16,18H,2,8-14H2,1H3,(H,19,21). The Morgan fingerprint density at radius 3 is 2.67 bits per heavy atom. The maximum absolute atomic E-state index is 12.1. The first-order valence-corrected chi connectivity index (χ1v) is 8.01. The largest absolute Gasteiger partial charge is 0.351 e. The predicted octanol–water partition coefficient (Wildman–Crippen LogP) is 1.62. The van der Waals surface area contributed by atoms with Crippen LogP contribution in [0, 0.1) is 5.92 Å². The molecule has 0 radical (unpaired) electrons. The van der Waals surface area contributed by atoms with Crippen molar-refractivity contribution in [2.75, 3.05) is 32.7 Å². The van der Waals surface area contributed by atoms with Crippen LogP contribution in [0.4, 0.5) is 0 Å². The third kappa shape index (κ3) is 5.86. The van der Waals surface area contributed by atoms with E-state index in [0.29, 0.717) is 13.1 Å². The van der Waals surface area contributed by atoms with E-state index in [2.05, 4.69) is 22.5 Å². The lowest BCUT2D eigenvalue weighted by molar-refractivity contribution is -0.122. The molecule has 1 aromatic rings. The summed E-state index contributed by atoms with van der Waals surface area (Å²) >= 11 is 0. The zero-order chi connectivity index (χ0) is 14.9. The second-order valence-corrected chi connectivity index (χ2v) is 5.78. The first kappa shape index (κ1) is 16.0. The van der Waals surface area contributed by atoms with Gasteiger partial charge in [0.15, 0.2) is 0 Å². The summed E-state index contributed by atoms with van der Waals surface area (Å²) in [5.74, 6) is 0.850. The summed E-state index contributed by atoms with van der Waals surface area (Å²) in [6.07, 6.45) is 2.45. The van der Waals surface area contributed by atoms with Crippen LogP contribution < -0.4 is 10.6 Å². The average Bonchev–Trinajstić information content (AvgIpc) is 2.54. The molecule has 0 aromatic heterocycles. The zero-order valence-corrected chi connectivity index (χ0v) is 13.0. The Balaban J connectivity index is 1.71. The van der Waals surface area contributed by atoms with Crippen molar-refractivity contribution in [1.82, 2.24) is 15.5 Å². The molecule has 116 valence electrons. The third-order valence-electron chi connectivity index (χ3n) is 4.12. The SMILES string of the molecule is CCN(CC(=O)NCc1ccccc1)CC1CCNCC1. The fourth-order valence-corrected chi connectivity index (χ4v) is 2.79. The van der Waals surface area contributed by atoms with Crippen LogP contribution in [0.25, 0.3) is 0 Å². The highest BCUT2D eigenvalue weighted by Gasteiger charge is 2.17. The van der Waals surface area contributed by atoms with Crippen LogP contribution in [-0.4, -0.2) is 43.5 Å². The molecule has 0 unspecified atom stereocenters. The monoisotopic (exact) mass is 289 g/mol. The van der Waals surface area contributed by atoms with Crippen molar-refractivity contribution >= 4 is 5.91 Å². The number of likely N-dealkylation sites (N-methyl/N-ethyl adjacent to an activating group) is 1. The lowest BCUT2D eigenvalue weighted by Crippen LogP contribution is -2.41. The minimum Gasteiger partial charge on any atom is -0.351 e. The summed E-state index contributed by atoms with van der Waals surface area (Å²) in [6.45, 7) is 7.45. The topological polar surface area (TPSA) is 44.4 Å². The van der Waals surface area contributed by atoms with E-state index < -0.39 is 0 Å². The summed E-state index contributed by atoms with van der Waals surface area (Å²) in [4.78, 5) is 14.3. The molecule has 1 aromatic carbocycles. The van der Waals surface area contributed by atoms with E-state index in [1.165, 1.54) is 12.8 Å². The fraction of sp³-hybridized carbons (Fsp3) is 0.588. The summed E-state index contributed by atoms with van der Waals surface area (Å²) in [5.41, 5.74) is 1.15. The van der Waals surface area contributed by atoms with Crippen molar-refractivity contribution in [1.29, 1.82) is 0 Å². The molecule has 0 aliphatic carbocycles. The van der Waals surface area contributed by atoms with Crippen molar-refractivity contribution in [3.63, 3.8) is 0 Å². The molecule has 21 heavy (non-hydrogen) atoms. The van der Waals surface area contributed by atoms with Crippen LogP contribution in [0.5, 0.6) is 0 Å². The summed E-state index contributed by atoms with van der Waals surface area (Å²) in [5, 5.41) is 6.40. The minimum absolute atomic E-state index is 0.120. The van der Waals surface area contributed by atoms with Crippen molar-refractivity contribution in [3.05, 3.63) is 35.9 Å². The average molecular weight is 289 g/mol. The Hall–Kier alpha value is -1.39. The minimum atomic E-state index is 0.120. The Bertz CT molecular complexity index is 415. The molecular formula is C17H27N3O. The number of nitrogens with one attached hydrogen (secondary N) is 2. The molecule has 1 fully saturated rings. The number of nitrogens with zero attached hydrogens (tertiary/aromatic N) is 1. The van der Waals surface area contributed by atoms with Gasteiger partial charge in [-0.2, -0.15) is 0 Å². The van der Waals surface area contributed by atoms with Gasteiger partial charge in [-0.15, -0.1) is 0 Å². The highest BCUT2D eigenvalue weighted by molar-refractivity contribution is 5.78. The van der Waals surface area contributed by atoms with E-state index in [1.807, 2.05) is 30.3 Å². The number of amides is 1. The van der Waals surface area contributed by atoms with Gasteiger partial charge in [-0.25, -0.2) is 0 Å². The van der Waals surface area contributed by atoms with Crippen molar-refractivity contribution in [2.45, 2.75) is 26.3 Å².